The van der Waals surface area contributed by atoms with E-state index in [0.717, 1.165) is 62.0 Å². The first kappa shape index (κ1) is 29.6. The number of rotatable bonds is 9. The van der Waals surface area contributed by atoms with Crippen LogP contribution in [-0.4, -0.2) is 63.1 Å². The molecule has 4 fully saturated rings. The molecule has 0 aromatic rings. The standard InChI is InChI=1S/C29H47Br2NO5/c1-18(4-7-25(34)35)21-5-6-22-26-23(9-11-29(21,22)3)28(2)10-8-20(16-19(28)17-24(26)33)37-27(36)32(14-12-30)15-13-31/h18-24,26,33H,4-17H2,1-3H3,(H,34,35)/t18-,19?,20+,21-,22+,23+,24+,26+,28+,29-/m1/s1. The number of halogens is 2. The number of hydrogen-bond acceptors (Lipinski definition) is 4. The highest BCUT2D eigenvalue weighted by Gasteiger charge is 2.63. The average molecular weight is 650 g/mol. The number of ether oxygens (including phenoxy) is 1. The van der Waals surface area contributed by atoms with E-state index in [2.05, 4.69) is 52.6 Å². The van der Waals surface area contributed by atoms with Gasteiger partial charge in [0.25, 0.3) is 0 Å². The van der Waals surface area contributed by atoms with E-state index >= 15 is 0 Å². The number of carboxylic acid groups (broad SMARTS) is 1. The lowest BCUT2D eigenvalue weighted by atomic mass is 9.43. The maximum absolute atomic E-state index is 12.8. The minimum absolute atomic E-state index is 0.0673. The molecule has 4 aliphatic carbocycles. The van der Waals surface area contributed by atoms with E-state index < -0.39 is 5.97 Å². The summed E-state index contributed by atoms with van der Waals surface area (Å²) in [6.07, 6.45) is 8.71. The van der Waals surface area contributed by atoms with Gasteiger partial charge in [-0.1, -0.05) is 52.6 Å². The second-order valence-electron chi connectivity index (χ2n) is 13.1. The molecule has 0 aromatic carbocycles. The third-order valence-electron chi connectivity index (χ3n) is 11.4. The fourth-order valence-corrected chi connectivity index (χ4v) is 10.4. The Bertz CT molecular complexity index is 822. The van der Waals surface area contributed by atoms with Crippen molar-refractivity contribution in [2.45, 2.75) is 97.2 Å². The highest BCUT2D eigenvalue weighted by Crippen LogP contribution is 2.68. The molecule has 10 atom stereocenters. The van der Waals surface area contributed by atoms with E-state index in [1.165, 1.54) is 6.42 Å². The molecule has 0 bridgehead atoms. The van der Waals surface area contributed by atoms with Gasteiger partial charge >= 0.3 is 12.1 Å². The number of aliphatic hydroxyl groups excluding tert-OH is 1. The molecule has 0 aliphatic heterocycles. The summed E-state index contributed by atoms with van der Waals surface area (Å²) in [6.45, 7) is 8.44. The summed E-state index contributed by atoms with van der Waals surface area (Å²) in [4.78, 5) is 25.8. The Labute approximate surface area is 239 Å². The van der Waals surface area contributed by atoms with Crippen molar-refractivity contribution in [1.29, 1.82) is 0 Å². The summed E-state index contributed by atoms with van der Waals surface area (Å²) < 4.78 is 6.01. The van der Waals surface area contributed by atoms with Crippen LogP contribution in [0, 0.1) is 46.3 Å². The summed E-state index contributed by atoms with van der Waals surface area (Å²) in [5.41, 5.74) is 0.386. The Kier molecular flexibility index (Phi) is 9.64. The SMILES string of the molecule is C[C@H](CCC(=O)O)[C@H]1CC[C@H]2[C@@H]3[C@@H](O)CC4C[C@@H](OC(=O)N(CCBr)CCBr)CC[C@]4(C)[C@H]3CC[C@]12C. The normalized spacial score (nSPS) is 41.7. The van der Waals surface area contributed by atoms with Gasteiger partial charge in [0, 0.05) is 30.2 Å². The number of aliphatic hydroxyl groups is 1. The van der Waals surface area contributed by atoms with E-state index in [4.69, 9.17) is 4.74 Å². The molecule has 4 saturated carbocycles. The first-order chi connectivity index (χ1) is 17.5. The van der Waals surface area contributed by atoms with Crippen molar-refractivity contribution in [3.8, 4) is 0 Å². The van der Waals surface area contributed by atoms with Crippen LogP contribution in [0.5, 0.6) is 0 Å². The van der Waals surface area contributed by atoms with Gasteiger partial charge in [0.05, 0.1) is 6.10 Å². The van der Waals surface area contributed by atoms with Crippen LogP contribution in [-0.2, 0) is 9.53 Å². The molecular formula is C29H47Br2NO5. The van der Waals surface area contributed by atoms with Crippen molar-refractivity contribution in [3.05, 3.63) is 0 Å². The van der Waals surface area contributed by atoms with Crippen LogP contribution >= 0.6 is 31.9 Å². The van der Waals surface area contributed by atoms with Gasteiger partial charge in [0.1, 0.15) is 6.10 Å². The van der Waals surface area contributed by atoms with Crippen LogP contribution in [0.2, 0.25) is 0 Å². The maximum atomic E-state index is 12.8. The Morgan fingerprint density at radius 2 is 1.65 bits per heavy atom. The fraction of sp³-hybridized carbons (Fsp3) is 0.931. The Balaban J connectivity index is 1.44. The first-order valence-corrected chi connectivity index (χ1v) is 16.8. The second-order valence-corrected chi connectivity index (χ2v) is 14.7. The smallest absolute Gasteiger partial charge is 0.410 e. The van der Waals surface area contributed by atoms with Gasteiger partial charge in [-0.25, -0.2) is 4.79 Å². The largest absolute Gasteiger partial charge is 0.481 e. The summed E-state index contributed by atoms with van der Waals surface area (Å²) in [5, 5.41) is 22.3. The zero-order valence-electron chi connectivity index (χ0n) is 22.8. The summed E-state index contributed by atoms with van der Waals surface area (Å²) in [5.74, 6) is 2.02. The lowest BCUT2D eigenvalue weighted by Crippen LogP contribution is -2.59. The minimum atomic E-state index is -0.697. The third-order valence-corrected chi connectivity index (χ3v) is 12.2. The molecule has 212 valence electrons. The topological polar surface area (TPSA) is 87.1 Å². The highest BCUT2D eigenvalue weighted by molar-refractivity contribution is 9.09. The van der Waals surface area contributed by atoms with E-state index in [-0.39, 0.29) is 35.6 Å². The molecule has 0 saturated heterocycles. The molecule has 0 aromatic heterocycles. The van der Waals surface area contributed by atoms with Crippen LogP contribution in [0.1, 0.15) is 85.0 Å². The van der Waals surface area contributed by atoms with Crippen molar-refractivity contribution < 1.29 is 24.5 Å². The Hall–Kier alpha value is -0.340. The molecule has 4 rings (SSSR count). The van der Waals surface area contributed by atoms with Crippen molar-refractivity contribution in [1.82, 2.24) is 4.90 Å². The van der Waals surface area contributed by atoms with Crippen LogP contribution < -0.4 is 0 Å². The van der Waals surface area contributed by atoms with Crippen LogP contribution in [0.4, 0.5) is 4.79 Å². The predicted octanol–water partition coefficient (Wildman–Crippen LogP) is 6.71. The molecule has 4 aliphatic rings. The molecule has 0 spiro atoms. The van der Waals surface area contributed by atoms with Crippen LogP contribution in [0.3, 0.4) is 0 Å². The Morgan fingerprint density at radius 3 is 2.30 bits per heavy atom. The molecule has 8 heteroatoms. The number of amides is 1. The monoisotopic (exact) mass is 647 g/mol. The first-order valence-electron chi connectivity index (χ1n) is 14.5. The van der Waals surface area contributed by atoms with Gasteiger partial charge in [0.15, 0.2) is 0 Å². The van der Waals surface area contributed by atoms with Gasteiger partial charge in [-0.3, -0.25) is 4.79 Å². The molecule has 0 radical (unpaired) electrons. The molecule has 0 heterocycles. The van der Waals surface area contributed by atoms with Crippen molar-refractivity contribution in [3.63, 3.8) is 0 Å². The number of hydrogen-bond donors (Lipinski definition) is 2. The number of alkyl halides is 2. The maximum Gasteiger partial charge on any atom is 0.410 e. The predicted molar refractivity (Wildman–Crippen MR) is 152 cm³/mol. The molecule has 2 N–H and O–H groups in total. The highest BCUT2D eigenvalue weighted by atomic mass is 79.9. The number of carbonyl (C=O) groups excluding carboxylic acids is 1. The summed E-state index contributed by atoms with van der Waals surface area (Å²) in [6, 6.07) is 0. The number of carbonyl (C=O) groups is 2. The summed E-state index contributed by atoms with van der Waals surface area (Å²) >= 11 is 6.87. The number of nitrogens with zero attached hydrogens (tertiary/aromatic N) is 1. The zero-order valence-corrected chi connectivity index (χ0v) is 26.0. The number of fused-ring (bicyclic) bond motifs is 5. The number of aliphatic carboxylic acids is 1. The average Bonchev–Trinajstić information content (AvgIpc) is 3.20. The molecule has 1 amide bonds. The van der Waals surface area contributed by atoms with Crippen molar-refractivity contribution in [2.24, 2.45) is 46.3 Å². The van der Waals surface area contributed by atoms with Crippen molar-refractivity contribution in [2.75, 3.05) is 23.7 Å². The van der Waals surface area contributed by atoms with Gasteiger partial charge in [0.2, 0.25) is 0 Å². The quantitative estimate of drug-likeness (QED) is 0.271. The van der Waals surface area contributed by atoms with Crippen LogP contribution in [0.15, 0.2) is 0 Å². The van der Waals surface area contributed by atoms with E-state index in [0.29, 0.717) is 48.6 Å². The summed E-state index contributed by atoms with van der Waals surface area (Å²) in [7, 11) is 0. The Morgan fingerprint density at radius 1 is 1.00 bits per heavy atom. The molecule has 1 unspecified atom stereocenters. The van der Waals surface area contributed by atoms with E-state index in [9.17, 15) is 19.8 Å². The van der Waals surface area contributed by atoms with Gasteiger partial charge in [-0.05, 0) is 104 Å². The van der Waals surface area contributed by atoms with Crippen LogP contribution in [0.25, 0.3) is 0 Å². The lowest BCUT2D eigenvalue weighted by molar-refractivity contribution is -0.174. The fourth-order valence-electron chi connectivity index (χ4n) is 9.53. The van der Waals surface area contributed by atoms with Crippen molar-refractivity contribution >= 4 is 43.9 Å². The van der Waals surface area contributed by atoms with Gasteiger partial charge in [-0.15, -0.1) is 0 Å². The minimum Gasteiger partial charge on any atom is -0.481 e. The molecule has 6 nitrogen and oxygen atoms in total. The van der Waals surface area contributed by atoms with Gasteiger partial charge in [-0.2, -0.15) is 0 Å². The second kappa shape index (κ2) is 12.0. The third kappa shape index (κ3) is 5.77. The molecular weight excluding hydrogens is 602 g/mol. The number of carboxylic acids is 1. The lowest BCUT2D eigenvalue weighted by Gasteiger charge is -2.62. The zero-order chi connectivity index (χ0) is 27.0. The molecule has 37 heavy (non-hydrogen) atoms. The van der Waals surface area contributed by atoms with E-state index in [1.54, 1.807) is 4.90 Å². The van der Waals surface area contributed by atoms with Gasteiger partial charge < -0.3 is 19.8 Å². The van der Waals surface area contributed by atoms with E-state index in [1.807, 2.05) is 0 Å².